The number of carbonyl (C=O) groups is 3. The van der Waals surface area contributed by atoms with Crippen LogP contribution in [0.5, 0.6) is 0 Å². The molecule has 1 heterocycles. The largest absolute Gasteiger partial charge is 0.468 e. The summed E-state index contributed by atoms with van der Waals surface area (Å²) in [4.78, 5) is 39.0. The molecule has 4 rings (SSSR count). The van der Waals surface area contributed by atoms with Crippen molar-refractivity contribution in [2.45, 2.75) is 37.8 Å². The zero-order chi connectivity index (χ0) is 31.9. The highest BCUT2D eigenvalue weighted by atomic mass is 19.4. The predicted octanol–water partition coefficient (Wildman–Crippen LogP) is 6.99. The highest BCUT2D eigenvalue weighted by Crippen LogP contribution is 2.35. The zero-order valence-electron chi connectivity index (χ0n) is 24.7. The van der Waals surface area contributed by atoms with Crippen LogP contribution in [0.2, 0.25) is 0 Å². The molecule has 1 aromatic heterocycles. The summed E-state index contributed by atoms with van der Waals surface area (Å²) < 4.78 is 45.7. The Balaban J connectivity index is 1.41. The number of alkyl halides is 3. The van der Waals surface area contributed by atoms with E-state index in [0.29, 0.717) is 48.3 Å². The van der Waals surface area contributed by atoms with Crippen LogP contribution in [0.1, 0.15) is 58.2 Å². The van der Waals surface area contributed by atoms with Gasteiger partial charge in [0.15, 0.2) is 0 Å². The van der Waals surface area contributed by atoms with Crippen molar-refractivity contribution in [3.8, 4) is 11.1 Å². The summed E-state index contributed by atoms with van der Waals surface area (Å²) >= 11 is 0. The number of nitrogens with one attached hydrogen (secondary N) is 2. The molecule has 0 aliphatic rings. The van der Waals surface area contributed by atoms with Crippen LogP contribution in [0.25, 0.3) is 11.1 Å². The second kappa shape index (κ2) is 13.6. The zero-order valence-corrected chi connectivity index (χ0v) is 24.7. The molecule has 10 heteroatoms. The lowest BCUT2D eigenvalue weighted by Crippen LogP contribution is -2.37. The van der Waals surface area contributed by atoms with Gasteiger partial charge in [-0.3, -0.25) is 14.4 Å². The van der Waals surface area contributed by atoms with E-state index in [0.717, 1.165) is 17.7 Å². The molecule has 3 aromatic carbocycles. The van der Waals surface area contributed by atoms with E-state index in [4.69, 9.17) is 4.74 Å². The summed E-state index contributed by atoms with van der Waals surface area (Å²) in [7, 11) is 3.05. The van der Waals surface area contributed by atoms with Crippen molar-refractivity contribution < 1.29 is 32.3 Å². The van der Waals surface area contributed by atoms with Gasteiger partial charge in [0.1, 0.15) is 5.69 Å². The first kappa shape index (κ1) is 32.1. The molecule has 44 heavy (non-hydrogen) atoms. The summed E-state index contributed by atoms with van der Waals surface area (Å²) in [5.41, 5.74) is 1.16. The van der Waals surface area contributed by atoms with Crippen molar-refractivity contribution in [3.05, 3.63) is 114 Å². The number of amides is 2. The molecule has 0 saturated heterocycles. The molecule has 0 fully saturated rings. The summed E-state index contributed by atoms with van der Waals surface area (Å²) in [5, 5.41) is 5.67. The molecular weight excluding hydrogens is 571 g/mol. The van der Waals surface area contributed by atoms with E-state index in [1.165, 1.54) is 19.2 Å². The molecule has 0 saturated carbocycles. The first-order chi connectivity index (χ1) is 21.0. The number of anilines is 1. The summed E-state index contributed by atoms with van der Waals surface area (Å²) in [5.74, 6) is -1.14. The Kier molecular flexibility index (Phi) is 9.93. The van der Waals surface area contributed by atoms with Crippen molar-refractivity contribution in [1.82, 2.24) is 9.88 Å². The van der Waals surface area contributed by atoms with E-state index >= 15 is 0 Å². The fraction of sp³-hybridized carbons (Fsp3) is 0.265. The molecule has 2 N–H and O–H groups in total. The van der Waals surface area contributed by atoms with Crippen LogP contribution in [0.3, 0.4) is 0 Å². The van der Waals surface area contributed by atoms with Gasteiger partial charge < -0.3 is 19.9 Å². The Bertz CT molecular complexity index is 1610. The van der Waals surface area contributed by atoms with Crippen molar-refractivity contribution in [2.75, 3.05) is 19.0 Å². The fourth-order valence-corrected chi connectivity index (χ4v) is 5.35. The molecule has 7 nitrogen and oxygen atoms in total. The third-order valence-electron chi connectivity index (χ3n) is 7.76. The lowest BCUT2D eigenvalue weighted by Gasteiger charge is -2.30. The lowest BCUT2D eigenvalue weighted by molar-refractivity contribution is -0.148. The van der Waals surface area contributed by atoms with Crippen molar-refractivity contribution >= 4 is 23.5 Å². The number of rotatable bonds is 11. The van der Waals surface area contributed by atoms with Gasteiger partial charge in [-0.1, -0.05) is 67.6 Å². The molecule has 1 unspecified atom stereocenters. The van der Waals surface area contributed by atoms with E-state index in [1.54, 1.807) is 48.1 Å². The van der Waals surface area contributed by atoms with E-state index in [2.05, 4.69) is 10.6 Å². The number of hydrogen-bond donors (Lipinski definition) is 2. The molecule has 0 aliphatic heterocycles. The monoisotopic (exact) mass is 605 g/mol. The Morgan fingerprint density at radius 1 is 0.864 bits per heavy atom. The fourth-order valence-electron chi connectivity index (χ4n) is 5.35. The summed E-state index contributed by atoms with van der Waals surface area (Å²) in [6, 6.07) is 22.2. The Morgan fingerprint density at radius 3 is 2.16 bits per heavy atom. The Labute approximate surface area is 254 Å². The first-order valence-electron chi connectivity index (χ1n) is 14.2. The Hall–Kier alpha value is -4.86. The van der Waals surface area contributed by atoms with Crippen LogP contribution < -0.4 is 10.6 Å². The normalized spacial score (nSPS) is 12.7. The van der Waals surface area contributed by atoms with Gasteiger partial charge in [-0.15, -0.1) is 0 Å². The van der Waals surface area contributed by atoms with Gasteiger partial charge in [-0.05, 0) is 60.2 Å². The highest BCUT2D eigenvalue weighted by molar-refractivity contribution is 6.09. The number of aryl methyl sites for hydroxylation is 1. The topological polar surface area (TPSA) is 89.4 Å². The number of ether oxygens (including phenoxy) is 1. The van der Waals surface area contributed by atoms with E-state index in [-0.39, 0.29) is 17.4 Å². The number of hydrogen-bond acceptors (Lipinski definition) is 4. The summed E-state index contributed by atoms with van der Waals surface area (Å²) in [6.07, 6.45) is -1.31. The molecule has 1 atom stereocenters. The highest BCUT2D eigenvalue weighted by Gasteiger charge is 2.39. The van der Waals surface area contributed by atoms with Crippen LogP contribution in [-0.2, 0) is 28.2 Å². The molecule has 0 bridgehead atoms. The maximum Gasteiger partial charge on any atom is 0.416 e. The van der Waals surface area contributed by atoms with Gasteiger partial charge in [0.2, 0.25) is 0 Å². The number of esters is 1. The van der Waals surface area contributed by atoms with Crippen molar-refractivity contribution in [1.29, 1.82) is 0 Å². The third-order valence-corrected chi connectivity index (χ3v) is 7.76. The van der Waals surface area contributed by atoms with Gasteiger partial charge in [0.05, 0.1) is 23.8 Å². The molecule has 0 radical (unpaired) electrons. The van der Waals surface area contributed by atoms with Crippen molar-refractivity contribution in [2.24, 2.45) is 7.05 Å². The van der Waals surface area contributed by atoms with E-state index in [9.17, 15) is 27.6 Å². The minimum atomic E-state index is -4.46. The SMILES string of the molecule is CCC(CCCNC(=O)c1cc(NC(=O)c2ccccc2-c2ccc(C(F)(F)F)cc2)cn1C)(C(=O)OC)c1ccccc1. The average Bonchev–Trinajstić information content (AvgIpc) is 3.40. The van der Waals surface area contributed by atoms with Crippen molar-refractivity contribution in [3.63, 3.8) is 0 Å². The number of methoxy groups -OCH3 is 1. The molecule has 4 aromatic rings. The quantitative estimate of drug-likeness (QED) is 0.142. The Morgan fingerprint density at radius 2 is 1.52 bits per heavy atom. The van der Waals surface area contributed by atoms with Crippen LogP contribution in [0, 0.1) is 0 Å². The van der Waals surface area contributed by atoms with Gasteiger partial charge in [0, 0.05) is 25.4 Å². The van der Waals surface area contributed by atoms with Crippen LogP contribution >= 0.6 is 0 Å². The molecule has 0 aliphatic carbocycles. The second-order valence-corrected chi connectivity index (χ2v) is 10.5. The molecule has 230 valence electrons. The number of carbonyl (C=O) groups excluding carboxylic acids is 3. The lowest BCUT2D eigenvalue weighted by atomic mass is 9.74. The molecule has 0 spiro atoms. The standard InChI is InChI=1S/C34H34F3N3O4/c1-4-33(32(43)44-3,24-11-6-5-7-12-24)19-10-20-38-31(42)29-21-26(22-40(29)2)39-30(41)28-14-9-8-13-27(28)23-15-17-25(18-16-23)34(35,36)37/h5-9,11-18,21-22H,4,10,19-20H2,1-3H3,(H,38,42)(H,39,41). The van der Waals surface area contributed by atoms with E-state index < -0.39 is 23.1 Å². The number of benzene rings is 3. The summed E-state index contributed by atoms with van der Waals surface area (Å²) in [6.45, 7) is 2.25. The smallest absolute Gasteiger partial charge is 0.416 e. The molecule has 2 amide bonds. The van der Waals surface area contributed by atoms with Gasteiger partial charge in [-0.2, -0.15) is 13.2 Å². The van der Waals surface area contributed by atoms with Gasteiger partial charge >= 0.3 is 12.1 Å². The molecular formula is C34H34F3N3O4. The predicted molar refractivity (Wildman–Crippen MR) is 162 cm³/mol. The van der Waals surface area contributed by atoms with Crippen LogP contribution in [-0.4, -0.2) is 36.0 Å². The third kappa shape index (κ3) is 7.02. The number of nitrogens with zero attached hydrogens (tertiary/aromatic N) is 1. The van der Waals surface area contributed by atoms with Crippen LogP contribution in [0.15, 0.2) is 91.1 Å². The van der Waals surface area contributed by atoms with Gasteiger partial charge in [-0.25, -0.2) is 0 Å². The first-order valence-corrected chi connectivity index (χ1v) is 14.2. The maximum absolute atomic E-state index is 13.2. The number of aromatic nitrogens is 1. The maximum atomic E-state index is 13.2. The van der Waals surface area contributed by atoms with Gasteiger partial charge in [0.25, 0.3) is 11.8 Å². The second-order valence-electron chi connectivity index (χ2n) is 10.5. The average molecular weight is 606 g/mol. The minimum absolute atomic E-state index is 0.269. The van der Waals surface area contributed by atoms with Crippen LogP contribution in [0.4, 0.5) is 18.9 Å². The number of halogens is 3. The van der Waals surface area contributed by atoms with E-state index in [1.807, 2.05) is 37.3 Å². The minimum Gasteiger partial charge on any atom is -0.468 e.